The van der Waals surface area contributed by atoms with E-state index < -0.39 is 34.4 Å². The Morgan fingerprint density at radius 1 is 0.778 bits per heavy atom. The minimum Gasteiger partial charge on any atom is -0.298 e. The van der Waals surface area contributed by atoms with E-state index >= 15 is 0 Å². The number of halogens is 4. The number of aldehydes is 1. The second kappa shape index (κ2) is 6.93. The molecule has 0 amide bonds. The molecule has 4 rings (SSSR count). The summed E-state index contributed by atoms with van der Waals surface area (Å²) in [4.78, 5) is 12.4. The van der Waals surface area contributed by atoms with Crippen LogP contribution < -0.4 is 0 Å². The Kier molecular flexibility index (Phi) is 4.60. The molecule has 1 aliphatic rings. The van der Waals surface area contributed by atoms with Gasteiger partial charge >= 0.3 is 0 Å². The van der Waals surface area contributed by atoms with Crippen LogP contribution in [-0.2, 0) is 0 Å². The zero-order chi connectivity index (χ0) is 19.1. The van der Waals surface area contributed by atoms with Crippen LogP contribution in [0.2, 0.25) is 0 Å². The van der Waals surface area contributed by atoms with E-state index in [0.717, 1.165) is 29.9 Å². The average Bonchev–Trinajstić information content (AvgIpc) is 3.07. The van der Waals surface area contributed by atoms with Crippen molar-refractivity contribution in [3.05, 3.63) is 70.1 Å². The maximum atomic E-state index is 14.7. The lowest BCUT2D eigenvalue weighted by atomic mass is 9.84. The van der Waals surface area contributed by atoms with Crippen LogP contribution in [0.15, 0.2) is 36.4 Å². The fourth-order valence-corrected chi connectivity index (χ4v) is 4.42. The molecule has 0 radical (unpaired) electrons. The Morgan fingerprint density at radius 3 is 2.00 bits per heavy atom. The summed E-state index contributed by atoms with van der Waals surface area (Å²) in [6.07, 6.45) is 3.56. The highest BCUT2D eigenvalue weighted by Gasteiger charge is 2.24. The molecule has 138 valence electrons. The van der Waals surface area contributed by atoms with Crippen molar-refractivity contribution in [1.29, 1.82) is 0 Å². The van der Waals surface area contributed by atoms with E-state index in [0.29, 0.717) is 10.8 Å². The minimum absolute atomic E-state index is 0.0946. The van der Waals surface area contributed by atoms with Crippen LogP contribution >= 0.6 is 11.3 Å². The van der Waals surface area contributed by atoms with Gasteiger partial charge in [-0.15, -0.1) is 11.3 Å². The predicted octanol–water partition coefficient (Wildman–Crippen LogP) is 6.72. The van der Waals surface area contributed by atoms with Gasteiger partial charge in [-0.3, -0.25) is 4.79 Å². The number of benzene rings is 2. The lowest BCUT2D eigenvalue weighted by Gasteiger charge is -2.23. The number of rotatable bonds is 4. The molecule has 0 atom stereocenters. The first kappa shape index (κ1) is 17.9. The molecule has 0 unspecified atom stereocenters. The van der Waals surface area contributed by atoms with Gasteiger partial charge in [-0.05, 0) is 43.0 Å². The van der Waals surface area contributed by atoms with E-state index in [1.165, 1.54) is 29.9 Å². The summed E-state index contributed by atoms with van der Waals surface area (Å²) in [6.45, 7) is 0. The molecule has 27 heavy (non-hydrogen) atoms. The summed E-state index contributed by atoms with van der Waals surface area (Å²) in [6, 6.07) is 8.40. The van der Waals surface area contributed by atoms with Crippen LogP contribution in [0.4, 0.5) is 17.6 Å². The SMILES string of the molecule is O=Cc1ccc(-c2ccc(-c3ccc(C4CCC4)s3)c(F)c2F)c(F)c1F. The Bertz CT molecular complexity index is 1040. The summed E-state index contributed by atoms with van der Waals surface area (Å²) >= 11 is 1.43. The molecule has 0 bridgehead atoms. The van der Waals surface area contributed by atoms with E-state index in [2.05, 4.69) is 0 Å². The molecule has 0 saturated heterocycles. The molecular formula is C21H14F4OS. The van der Waals surface area contributed by atoms with Gasteiger partial charge in [-0.1, -0.05) is 18.6 Å². The standard InChI is InChI=1S/C21H14F4OS/c22-18-12(10-26)4-5-13(19(18)23)14-6-7-15(21(25)20(14)24)17-9-8-16(27-17)11-2-1-3-11/h4-11H,1-3H2. The molecule has 0 N–H and O–H groups in total. The maximum Gasteiger partial charge on any atom is 0.169 e. The van der Waals surface area contributed by atoms with E-state index in [9.17, 15) is 22.4 Å². The van der Waals surface area contributed by atoms with Gasteiger partial charge in [0.25, 0.3) is 0 Å². The van der Waals surface area contributed by atoms with Crippen LogP contribution in [0.3, 0.4) is 0 Å². The van der Waals surface area contributed by atoms with Crippen molar-refractivity contribution >= 4 is 17.6 Å². The second-order valence-corrected chi connectivity index (χ2v) is 7.68. The summed E-state index contributed by atoms with van der Waals surface area (Å²) in [5, 5.41) is 0. The third-order valence-electron chi connectivity index (χ3n) is 5.01. The zero-order valence-electron chi connectivity index (χ0n) is 14.1. The molecule has 1 saturated carbocycles. The number of carbonyl (C=O) groups is 1. The van der Waals surface area contributed by atoms with Crippen molar-refractivity contribution in [1.82, 2.24) is 0 Å². The van der Waals surface area contributed by atoms with Crippen molar-refractivity contribution < 1.29 is 22.4 Å². The molecule has 3 aromatic rings. The van der Waals surface area contributed by atoms with Crippen LogP contribution in [0, 0.1) is 23.3 Å². The fourth-order valence-electron chi connectivity index (χ4n) is 3.22. The van der Waals surface area contributed by atoms with Gasteiger partial charge in [0.1, 0.15) is 0 Å². The summed E-state index contributed by atoms with van der Waals surface area (Å²) in [5.74, 6) is -4.62. The molecule has 1 heterocycles. The number of hydrogen-bond acceptors (Lipinski definition) is 2. The first-order valence-corrected chi connectivity index (χ1v) is 9.34. The Hall–Kier alpha value is -2.47. The highest BCUT2D eigenvalue weighted by atomic mass is 32.1. The van der Waals surface area contributed by atoms with E-state index in [4.69, 9.17) is 0 Å². The third kappa shape index (κ3) is 2.98. The van der Waals surface area contributed by atoms with Crippen molar-refractivity contribution in [3.8, 4) is 21.6 Å². The molecule has 2 aromatic carbocycles. The average molecular weight is 390 g/mol. The maximum absolute atomic E-state index is 14.7. The summed E-state index contributed by atoms with van der Waals surface area (Å²) < 4.78 is 57.3. The first-order chi connectivity index (χ1) is 13.0. The highest BCUT2D eigenvalue weighted by molar-refractivity contribution is 7.15. The van der Waals surface area contributed by atoms with Crippen molar-refractivity contribution in [3.63, 3.8) is 0 Å². The number of hydrogen-bond donors (Lipinski definition) is 0. The largest absolute Gasteiger partial charge is 0.298 e. The summed E-state index contributed by atoms with van der Waals surface area (Å²) in [5.41, 5.74) is -1.20. The second-order valence-electron chi connectivity index (χ2n) is 6.57. The van der Waals surface area contributed by atoms with E-state index in [-0.39, 0.29) is 17.4 Å². The molecule has 1 aliphatic carbocycles. The van der Waals surface area contributed by atoms with Gasteiger partial charge in [0.2, 0.25) is 0 Å². The lowest BCUT2D eigenvalue weighted by Crippen LogP contribution is -2.06. The Balaban J connectivity index is 1.75. The minimum atomic E-state index is -1.38. The number of carbonyl (C=O) groups excluding carboxylic acids is 1. The smallest absolute Gasteiger partial charge is 0.169 e. The number of thiophene rings is 1. The summed E-state index contributed by atoms with van der Waals surface area (Å²) in [7, 11) is 0. The van der Waals surface area contributed by atoms with Crippen molar-refractivity contribution in [2.75, 3.05) is 0 Å². The normalized spacial score (nSPS) is 14.2. The van der Waals surface area contributed by atoms with Crippen LogP contribution in [0.5, 0.6) is 0 Å². The van der Waals surface area contributed by atoms with Gasteiger partial charge in [-0.2, -0.15) is 0 Å². The molecule has 1 aromatic heterocycles. The Labute approximate surface area is 157 Å². The third-order valence-corrected chi connectivity index (χ3v) is 6.29. The molecule has 1 fully saturated rings. The molecule has 0 spiro atoms. The van der Waals surface area contributed by atoms with Crippen LogP contribution in [0.1, 0.15) is 40.4 Å². The van der Waals surface area contributed by atoms with Gasteiger partial charge in [0.15, 0.2) is 29.6 Å². The van der Waals surface area contributed by atoms with Gasteiger partial charge < -0.3 is 0 Å². The Morgan fingerprint density at radius 2 is 1.37 bits per heavy atom. The first-order valence-electron chi connectivity index (χ1n) is 8.53. The van der Waals surface area contributed by atoms with Crippen molar-refractivity contribution in [2.24, 2.45) is 0 Å². The van der Waals surface area contributed by atoms with Gasteiger partial charge in [-0.25, -0.2) is 17.6 Å². The van der Waals surface area contributed by atoms with Gasteiger partial charge in [0.05, 0.1) is 5.56 Å². The zero-order valence-corrected chi connectivity index (χ0v) is 14.9. The monoisotopic (exact) mass is 390 g/mol. The molecule has 0 aliphatic heterocycles. The quantitative estimate of drug-likeness (QED) is 0.357. The topological polar surface area (TPSA) is 17.1 Å². The van der Waals surface area contributed by atoms with Gasteiger partial charge in [0, 0.05) is 26.4 Å². The lowest BCUT2D eigenvalue weighted by molar-refractivity contribution is 0.111. The molecule has 1 nitrogen and oxygen atoms in total. The highest BCUT2D eigenvalue weighted by Crippen LogP contribution is 2.43. The van der Waals surface area contributed by atoms with Crippen molar-refractivity contribution in [2.45, 2.75) is 25.2 Å². The molecule has 6 heteroatoms. The predicted molar refractivity (Wildman–Crippen MR) is 97.0 cm³/mol. The fraction of sp³-hybridized carbons (Fsp3) is 0.190. The van der Waals surface area contributed by atoms with Crippen LogP contribution in [0.25, 0.3) is 21.6 Å². The van der Waals surface area contributed by atoms with E-state index in [1.54, 1.807) is 6.07 Å². The molecular weight excluding hydrogens is 376 g/mol. The van der Waals surface area contributed by atoms with Crippen LogP contribution in [-0.4, -0.2) is 6.29 Å². The van der Waals surface area contributed by atoms with E-state index in [1.807, 2.05) is 6.07 Å².